The number of hydrogen-bond acceptors (Lipinski definition) is 5. The number of ether oxygens (including phenoxy) is 1. The van der Waals surface area contributed by atoms with Crippen molar-refractivity contribution in [1.82, 2.24) is 4.98 Å². The van der Waals surface area contributed by atoms with Crippen molar-refractivity contribution in [3.05, 3.63) is 58.9 Å². The standard InChI is InChI=1S/C16H12ClF3N4O2/c17-14-12(13(22)5-6-21)7-9(8-23-14)15(25)24-10-1-3-11(4-2-10)26-16(18,19)20/h1-8,21H,22H2,(H,24,25)/b13-5-,21-6?. The lowest BCUT2D eigenvalue weighted by atomic mass is 10.1. The average Bonchev–Trinajstić information content (AvgIpc) is 2.56. The molecule has 136 valence electrons. The number of amides is 1. The minimum absolute atomic E-state index is 0.0609. The highest BCUT2D eigenvalue weighted by molar-refractivity contribution is 6.31. The first-order valence-corrected chi connectivity index (χ1v) is 7.36. The zero-order valence-corrected chi connectivity index (χ0v) is 13.7. The Bertz CT molecular complexity index is 852. The van der Waals surface area contributed by atoms with Crippen LogP contribution in [0.4, 0.5) is 18.9 Å². The first kappa shape index (κ1) is 19.3. The van der Waals surface area contributed by atoms with Gasteiger partial charge in [-0.25, -0.2) is 4.98 Å². The third-order valence-electron chi connectivity index (χ3n) is 3.02. The fourth-order valence-electron chi connectivity index (χ4n) is 1.90. The van der Waals surface area contributed by atoms with Crippen molar-refractivity contribution >= 4 is 35.1 Å². The van der Waals surface area contributed by atoms with Crippen molar-refractivity contribution in [2.24, 2.45) is 5.73 Å². The van der Waals surface area contributed by atoms with Crippen molar-refractivity contribution in [2.75, 3.05) is 5.32 Å². The largest absolute Gasteiger partial charge is 0.573 e. The number of anilines is 1. The van der Waals surface area contributed by atoms with Gasteiger partial charge >= 0.3 is 6.36 Å². The highest BCUT2D eigenvalue weighted by Gasteiger charge is 2.30. The van der Waals surface area contributed by atoms with Crippen LogP contribution >= 0.6 is 11.6 Å². The number of hydrogen-bond donors (Lipinski definition) is 3. The number of halogens is 4. The molecule has 0 unspecified atom stereocenters. The molecule has 0 atom stereocenters. The summed E-state index contributed by atoms with van der Waals surface area (Å²) in [7, 11) is 0. The van der Waals surface area contributed by atoms with Crippen LogP contribution in [0.15, 0.2) is 42.6 Å². The van der Waals surface area contributed by atoms with Crippen molar-refractivity contribution < 1.29 is 22.7 Å². The normalized spacial score (nSPS) is 11.8. The highest BCUT2D eigenvalue weighted by atomic mass is 35.5. The molecule has 1 amide bonds. The number of benzene rings is 1. The third-order valence-corrected chi connectivity index (χ3v) is 3.32. The molecule has 10 heteroatoms. The lowest BCUT2D eigenvalue weighted by molar-refractivity contribution is -0.274. The maximum atomic E-state index is 12.3. The van der Waals surface area contributed by atoms with E-state index >= 15 is 0 Å². The number of rotatable bonds is 5. The van der Waals surface area contributed by atoms with Gasteiger partial charge in [0.25, 0.3) is 5.91 Å². The Hall–Kier alpha value is -3.07. The lowest BCUT2D eigenvalue weighted by Crippen LogP contribution is -2.17. The monoisotopic (exact) mass is 384 g/mol. The zero-order valence-electron chi connectivity index (χ0n) is 13.0. The van der Waals surface area contributed by atoms with Crippen molar-refractivity contribution in [3.8, 4) is 5.75 Å². The van der Waals surface area contributed by atoms with Gasteiger partial charge in [-0.05, 0) is 36.4 Å². The van der Waals surface area contributed by atoms with Crippen molar-refractivity contribution in [3.63, 3.8) is 0 Å². The number of nitrogens with one attached hydrogen (secondary N) is 2. The van der Waals surface area contributed by atoms with Crippen LogP contribution in [0.1, 0.15) is 15.9 Å². The van der Waals surface area contributed by atoms with Gasteiger partial charge in [0, 0.05) is 29.4 Å². The van der Waals surface area contributed by atoms with E-state index in [0.717, 1.165) is 18.3 Å². The molecule has 0 radical (unpaired) electrons. The Morgan fingerprint density at radius 3 is 2.54 bits per heavy atom. The van der Waals surface area contributed by atoms with Gasteiger partial charge < -0.3 is 21.2 Å². The van der Waals surface area contributed by atoms with Crippen LogP contribution in [0.3, 0.4) is 0 Å². The molecular formula is C16H12ClF3N4O2. The van der Waals surface area contributed by atoms with Crippen molar-refractivity contribution in [2.45, 2.75) is 6.36 Å². The van der Waals surface area contributed by atoms with Crippen LogP contribution in [-0.2, 0) is 0 Å². The highest BCUT2D eigenvalue weighted by Crippen LogP contribution is 2.24. The molecule has 4 N–H and O–H groups in total. The Labute approximate surface area is 150 Å². The van der Waals surface area contributed by atoms with Crippen LogP contribution < -0.4 is 15.8 Å². The van der Waals surface area contributed by atoms with E-state index < -0.39 is 18.0 Å². The maximum absolute atomic E-state index is 12.3. The summed E-state index contributed by atoms with van der Waals surface area (Å²) in [5, 5.41) is 9.57. The fourth-order valence-corrected chi connectivity index (χ4v) is 2.11. The molecule has 2 aromatic rings. The summed E-state index contributed by atoms with van der Waals surface area (Å²) in [4.78, 5) is 16.1. The second-order valence-electron chi connectivity index (χ2n) is 4.88. The Morgan fingerprint density at radius 1 is 1.31 bits per heavy atom. The van der Waals surface area contributed by atoms with Gasteiger partial charge in [-0.2, -0.15) is 0 Å². The summed E-state index contributed by atoms with van der Waals surface area (Å²) in [6.07, 6.45) is -1.33. The predicted molar refractivity (Wildman–Crippen MR) is 91.3 cm³/mol. The quantitative estimate of drug-likeness (QED) is 0.538. The number of allylic oxidation sites excluding steroid dienone is 1. The summed E-state index contributed by atoms with van der Waals surface area (Å²) in [5.74, 6) is -0.974. The minimum atomic E-state index is -4.79. The second-order valence-corrected chi connectivity index (χ2v) is 5.24. The predicted octanol–water partition coefficient (Wildman–Crippen LogP) is 3.84. The molecule has 1 aromatic heterocycles. The zero-order chi connectivity index (χ0) is 19.3. The number of carbonyl (C=O) groups excluding carboxylic acids is 1. The van der Waals surface area contributed by atoms with Crippen LogP contribution in [0.2, 0.25) is 5.15 Å². The van der Waals surface area contributed by atoms with Crippen LogP contribution in [0.25, 0.3) is 5.70 Å². The van der Waals surface area contributed by atoms with E-state index in [1.165, 1.54) is 30.5 Å². The summed E-state index contributed by atoms with van der Waals surface area (Å²) >= 11 is 5.92. The van der Waals surface area contributed by atoms with Gasteiger partial charge in [-0.1, -0.05) is 11.6 Å². The smallest absolute Gasteiger partial charge is 0.406 e. The molecule has 26 heavy (non-hydrogen) atoms. The van der Waals surface area contributed by atoms with E-state index in [1.807, 2.05) is 0 Å². The average molecular weight is 385 g/mol. The van der Waals surface area contributed by atoms with E-state index in [4.69, 9.17) is 22.7 Å². The van der Waals surface area contributed by atoms with Crippen LogP contribution in [0, 0.1) is 5.41 Å². The van der Waals surface area contributed by atoms with Gasteiger partial charge in [0.1, 0.15) is 10.9 Å². The van der Waals surface area contributed by atoms with Gasteiger partial charge in [-0.15, -0.1) is 13.2 Å². The van der Waals surface area contributed by atoms with Gasteiger partial charge in [0.2, 0.25) is 0 Å². The van der Waals surface area contributed by atoms with E-state index in [2.05, 4.69) is 15.0 Å². The molecule has 0 aliphatic carbocycles. The number of pyridine rings is 1. The summed E-state index contributed by atoms with van der Waals surface area (Å²) < 4.78 is 40.1. The first-order chi connectivity index (χ1) is 12.2. The summed E-state index contributed by atoms with van der Waals surface area (Å²) in [6, 6.07) is 6.04. The van der Waals surface area contributed by atoms with E-state index in [-0.39, 0.29) is 27.7 Å². The lowest BCUT2D eigenvalue weighted by Gasteiger charge is -2.10. The number of alkyl halides is 3. The molecule has 0 aliphatic rings. The maximum Gasteiger partial charge on any atom is 0.573 e. The topological polar surface area (TPSA) is 101 Å². The molecule has 2 rings (SSSR count). The molecule has 1 heterocycles. The number of nitrogens with zero attached hydrogens (tertiary/aromatic N) is 1. The van der Waals surface area contributed by atoms with Crippen LogP contribution in [0.5, 0.6) is 5.75 Å². The molecule has 0 bridgehead atoms. The second kappa shape index (κ2) is 7.87. The molecule has 0 aliphatic heterocycles. The third kappa shape index (κ3) is 5.21. The molecule has 0 spiro atoms. The van der Waals surface area contributed by atoms with Gasteiger partial charge in [0.15, 0.2) is 0 Å². The molecule has 6 nitrogen and oxygen atoms in total. The van der Waals surface area contributed by atoms with E-state index in [1.54, 1.807) is 0 Å². The van der Waals surface area contributed by atoms with Gasteiger partial charge in [-0.3, -0.25) is 4.79 Å². The molecule has 0 saturated carbocycles. The number of aromatic nitrogens is 1. The number of nitrogens with two attached hydrogens (primary N) is 1. The van der Waals surface area contributed by atoms with Crippen molar-refractivity contribution in [1.29, 1.82) is 5.41 Å². The number of carbonyl (C=O) groups is 1. The molecular weight excluding hydrogens is 373 g/mol. The van der Waals surface area contributed by atoms with Crippen LogP contribution in [-0.4, -0.2) is 23.5 Å². The molecule has 1 aromatic carbocycles. The SMILES string of the molecule is N=C/C=C(\N)c1cc(C(=O)Nc2ccc(OC(F)(F)F)cc2)cnc1Cl. The van der Waals surface area contributed by atoms with E-state index in [0.29, 0.717) is 0 Å². The first-order valence-electron chi connectivity index (χ1n) is 6.99. The van der Waals surface area contributed by atoms with Gasteiger partial charge in [0.05, 0.1) is 5.56 Å². The fraction of sp³-hybridized carbons (Fsp3) is 0.0625. The molecule has 0 fully saturated rings. The minimum Gasteiger partial charge on any atom is -0.406 e. The summed E-state index contributed by atoms with van der Waals surface area (Å²) in [6.45, 7) is 0. The Kier molecular flexibility index (Phi) is 5.83. The van der Waals surface area contributed by atoms with E-state index in [9.17, 15) is 18.0 Å². The summed E-state index contributed by atoms with van der Waals surface area (Å²) in [5.41, 5.74) is 6.55. The Morgan fingerprint density at radius 2 is 1.96 bits per heavy atom. The Balaban J connectivity index is 2.16. The molecule has 0 saturated heterocycles.